The van der Waals surface area contributed by atoms with Crippen LogP contribution in [0.25, 0.3) is 0 Å². The Morgan fingerprint density at radius 2 is 1.77 bits per heavy atom. The second kappa shape index (κ2) is 5.69. The highest BCUT2D eigenvalue weighted by atomic mass is 32.3. The quantitative estimate of drug-likeness (QED) is 0.505. The summed E-state index contributed by atoms with van der Waals surface area (Å²) in [6.07, 6.45) is 8.48. The molecule has 0 aromatic rings. The van der Waals surface area contributed by atoms with Crippen LogP contribution < -0.4 is 0 Å². The van der Waals surface area contributed by atoms with Crippen LogP contribution in [0.3, 0.4) is 0 Å². The Hall–Kier alpha value is -0.660. The van der Waals surface area contributed by atoms with Crippen molar-refractivity contribution in [1.29, 1.82) is 0 Å². The van der Waals surface area contributed by atoms with Gasteiger partial charge in [0.25, 0.3) is 0 Å². The first kappa shape index (κ1) is 19.8. The normalized spacial score (nSPS) is 61.0. The van der Waals surface area contributed by atoms with Crippen LogP contribution in [0.1, 0.15) is 71.6 Å². The lowest BCUT2D eigenvalue weighted by atomic mass is 9.43. The van der Waals surface area contributed by atoms with E-state index in [0.29, 0.717) is 42.4 Å². The molecule has 0 radical (unpaired) electrons. The van der Waals surface area contributed by atoms with Crippen LogP contribution in [-0.4, -0.2) is 30.6 Å². The van der Waals surface area contributed by atoms with E-state index in [1.165, 1.54) is 19.3 Å². The van der Waals surface area contributed by atoms with Crippen molar-refractivity contribution in [2.24, 2.45) is 58.2 Å². The fourth-order valence-corrected chi connectivity index (χ4v) is 11.3. The van der Waals surface area contributed by atoms with Crippen LogP contribution in [-0.2, 0) is 24.1 Å². The van der Waals surface area contributed by atoms with Crippen molar-refractivity contribution in [3.8, 4) is 0 Å². The monoisotopic (exact) mass is 450 g/mol. The standard InChI is InChI=1S/C24H34O6S/c1-22-6-3-12(30-31(26,27)28)9-17(22)13-10-14(13)20-16(22)4-7-23(2)21(20)15-11-18(15)24(23)8-5-19(25)29-24/h12-18,20-21H,3-11H2,1-2H3,(H,26,27,28)/t12?,13-,14+,15-,16+,17+,18+,20-,21+,22-,23+,24+/m1/s1. The molecule has 0 aromatic carbocycles. The van der Waals surface area contributed by atoms with Gasteiger partial charge in [-0.1, -0.05) is 13.8 Å². The number of hydrogen-bond donors (Lipinski definition) is 1. The Morgan fingerprint density at radius 3 is 2.48 bits per heavy atom. The van der Waals surface area contributed by atoms with E-state index >= 15 is 0 Å². The third-order valence-corrected chi connectivity index (χ3v) is 12.3. The Morgan fingerprint density at radius 1 is 0.968 bits per heavy atom. The number of carbonyl (C=O) groups is 1. The molecular formula is C24H34O6S. The fourth-order valence-electron chi connectivity index (χ4n) is 10.8. The van der Waals surface area contributed by atoms with Gasteiger partial charge in [0.2, 0.25) is 0 Å². The molecule has 172 valence electrons. The number of hydrogen-bond acceptors (Lipinski definition) is 5. The van der Waals surface area contributed by atoms with Gasteiger partial charge in [0.15, 0.2) is 0 Å². The van der Waals surface area contributed by atoms with Crippen LogP contribution in [0.5, 0.6) is 0 Å². The van der Waals surface area contributed by atoms with E-state index in [1.807, 2.05) is 0 Å². The molecule has 6 nitrogen and oxygen atoms in total. The number of carbonyl (C=O) groups excluding carboxylic acids is 1. The molecule has 6 aliphatic carbocycles. The lowest BCUT2D eigenvalue weighted by Gasteiger charge is -2.62. The molecule has 1 saturated heterocycles. The third-order valence-electron chi connectivity index (χ3n) is 11.8. The minimum atomic E-state index is -4.39. The topological polar surface area (TPSA) is 89.9 Å². The van der Waals surface area contributed by atoms with E-state index in [0.717, 1.165) is 43.4 Å². The Bertz CT molecular complexity index is 963. The number of ether oxygens (including phenoxy) is 1. The van der Waals surface area contributed by atoms with E-state index in [9.17, 15) is 17.8 Å². The highest BCUT2D eigenvalue weighted by Crippen LogP contribution is 2.82. The molecule has 0 aromatic heterocycles. The number of rotatable bonds is 2. The molecule has 1 heterocycles. The summed E-state index contributed by atoms with van der Waals surface area (Å²) < 4.78 is 43.1. The Balaban J connectivity index is 1.21. The highest BCUT2D eigenvalue weighted by Gasteiger charge is 2.81. The zero-order valence-corrected chi connectivity index (χ0v) is 19.3. The van der Waals surface area contributed by atoms with E-state index < -0.39 is 10.4 Å². The maximum absolute atomic E-state index is 12.2. The lowest BCUT2D eigenvalue weighted by molar-refractivity contribution is -0.187. The van der Waals surface area contributed by atoms with Crippen LogP contribution in [0.2, 0.25) is 0 Å². The van der Waals surface area contributed by atoms with Gasteiger partial charge in [0, 0.05) is 17.8 Å². The van der Waals surface area contributed by atoms with Crippen molar-refractivity contribution in [2.75, 3.05) is 0 Å². The first-order chi connectivity index (χ1) is 14.6. The Kier molecular flexibility index (Phi) is 3.63. The van der Waals surface area contributed by atoms with Crippen molar-refractivity contribution >= 4 is 16.4 Å². The van der Waals surface area contributed by atoms with Crippen molar-refractivity contribution in [2.45, 2.75) is 83.3 Å². The zero-order chi connectivity index (χ0) is 21.6. The molecule has 12 atom stereocenters. The average molecular weight is 451 g/mol. The van der Waals surface area contributed by atoms with Gasteiger partial charge in [-0.15, -0.1) is 0 Å². The van der Waals surface area contributed by atoms with Crippen LogP contribution >= 0.6 is 0 Å². The van der Waals surface area contributed by atoms with Crippen LogP contribution in [0.4, 0.5) is 0 Å². The second-order valence-electron chi connectivity index (χ2n) is 12.6. The van der Waals surface area contributed by atoms with Gasteiger partial charge in [0.1, 0.15) is 5.60 Å². The van der Waals surface area contributed by atoms with Gasteiger partial charge in [-0.2, -0.15) is 8.42 Å². The number of fused-ring (bicyclic) bond motifs is 12. The van der Waals surface area contributed by atoms with Gasteiger partial charge in [-0.3, -0.25) is 9.35 Å². The summed E-state index contributed by atoms with van der Waals surface area (Å²) in [6.45, 7) is 4.93. The minimum Gasteiger partial charge on any atom is -0.458 e. The molecule has 7 aliphatic rings. The first-order valence-electron chi connectivity index (χ1n) is 12.4. The third kappa shape index (κ3) is 2.36. The molecule has 1 aliphatic heterocycles. The molecule has 1 spiro atoms. The molecule has 1 N–H and O–H groups in total. The van der Waals surface area contributed by atoms with E-state index in [-0.39, 0.29) is 28.5 Å². The van der Waals surface area contributed by atoms with E-state index in [4.69, 9.17) is 8.92 Å². The summed E-state index contributed by atoms with van der Waals surface area (Å²) in [4.78, 5) is 12.2. The van der Waals surface area contributed by atoms with Crippen molar-refractivity contribution in [1.82, 2.24) is 0 Å². The molecule has 0 amide bonds. The molecule has 31 heavy (non-hydrogen) atoms. The lowest BCUT2D eigenvalue weighted by Crippen LogP contribution is -2.59. The fraction of sp³-hybridized carbons (Fsp3) is 0.958. The summed E-state index contributed by atoms with van der Waals surface area (Å²) >= 11 is 0. The predicted octanol–water partition coefficient (Wildman–Crippen LogP) is 4.00. The second-order valence-corrected chi connectivity index (χ2v) is 13.7. The predicted molar refractivity (Wildman–Crippen MR) is 111 cm³/mol. The Labute approximate surface area is 184 Å². The van der Waals surface area contributed by atoms with Gasteiger partial charge in [-0.25, -0.2) is 4.18 Å². The van der Waals surface area contributed by atoms with Crippen LogP contribution in [0.15, 0.2) is 0 Å². The molecule has 7 heteroatoms. The summed E-state index contributed by atoms with van der Waals surface area (Å²) in [7, 11) is -4.39. The summed E-state index contributed by atoms with van der Waals surface area (Å²) in [5, 5.41) is 0. The molecular weight excluding hydrogens is 416 g/mol. The van der Waals surface area contributed by atoms with Gasteiger partial charge in [-0.05, 0) is 98.2 Å². The van der Waals surface area contributed by atoms with Crippen LogP contribution in [0, 0.1) is 58.2 Å². The largest absolute Gasteiger partial charge is 0.458 e. The van der Waals surface area contributed by atoms with E-state index in [2.05, 4.69) is 13.8 Å². The zero-order valence-electron chi connectivity index (χ0n) is 18.5. The summed E-state index contributed by atoms with van der Waals surface area (Å²) in [6, 6.07) is 0. The maximum atomic E-state index is 12.2. The minimum absolute atomic E-state index is 0.0202. The highest BCUT2D eigenvalue weighted by molar-refractivity contribution is 7.80. The molecule has 6 saturated carbocycles. The average Bonchev–Trinajstić information content (AvgIpc) is 3.58. The van der Waals surface area contributed by atoms with Crippen molar-refractivity contribution in [3.05, 3.63) is 0 Å². The summed E-state index contributed by atoms with van der Waals surface area (Å²) in [5.74, 6) is 5.36. The van der Waals surface area contributed by atoms with Crippen molar-refractivity contribution < 1.29 is 26.7 Å². The molecule has 1 unspecified atom stereocenters. The maximum Gasteiger partial charge on any atom is 0.397 e. The van der Waals surface area contributed by atoms with Crippen molar-refractivity contribution in [3.63, 3.8) is 0 Å². The smallest absolute Gasteiger partial charge is 0.397 e. The number of esters is 1. The van der Waals surface area contributed by atoms with E-state index in [1.54, 1.807) is 0 Å². The SMILES string of the molecule is C[C@]12CCC(OS(=O)(=O)O)C[C@H]1[C@@H]1C[C@@H]1[C@H]1[C@@H]3[C@@H]4C[C@@H]4[C@@]4(CCC(=O)O4)[C@@]3(C)CC[C@@H]12. The molecule has 7 fully saturated rings. The first-order valence-corrected chi connectivity index (χ1v) is 13.8. The molecule has 7 rings (SSSR count). The molecule has 0 bridgehead atoms. The van der Waals surface area contributed by atoms with Gasteiger partial charge < -0.3 is 4.74 Å². The summed E-state index contributed by atoms with van der Waals surface area (Å²) in [5.41, 5.74) is 0.179. The van der Waals surface area contributed by atoms with Gasteiger partial charge >= 0.3 is 16.4 Å². The van der Waals surface area contributed by atoms with Gasteiger partial charge in [0.05, 0.1) is 6.10 Å².